The Balaban J connectivity index is 0.000000119. The number of hydrogen-bond acceptors (Lipinski definition) is 25. The van der Waals surface area contributed by atoms with Crippen molar-refractivity contribution in [2.75, 3.05) is 32.8 Å². The third-order valence-corrected chi connectivity index (χ3v) is 25.1. The molecule has 8 aliphatic rings. The van der Waals surface area contributed by atoms with Gasteiger partial charge in [0.05, 0.1) is 71.5 Å². The van der Waals surface area contributed by atoms with Gasteiger partial charge in [-0.25, -0.2) is 42.5 Å². The highest BCUT2D eigenvalue weighted by atomic mass is 19.3. The Morgan fingerprint density at radius 2 is 0.984 bits per heavy atom. The number of aryl methyl sites for hydroxylation is 4. The fourth-order valence-electron chi connectivity index (χ4n) is 18.4. The van der Waals surface area contributed by atoms with E-state index in [1.807, 2.05) is 109 Å². The molecule has 35 heteroatoms. The molecular formula is C91H93F4N15O16. The molecule has 4 fully saturated rings. The smallest absolute Gasteiger partial charge is 0.266 e. The highest BCUT2D eigenvalue weighted by Crippen LogP contribution is 2.46. The van der Waals surface area contributed by atoms with Crippen molar-refractivity contribution in [1.29, 1.82) is 10.5 Å². The quantitative estimate of drug-likeness (QED) is 0.0485. The van der Waals surface area contributed by atoms with Crippen molar-refractivity contribution in [3.05, 3.63) is 219 Å². The Bertz CT molecular complexity index is 6250. The van der Waals surface area contributed by atoms with Gasteiger partial charge >= 0.3 is 0 Å². The van der Waals surface area contributed by atoms with Crippen molar-refractivity contribution in [2.45, 2.75) is 196 Å². The molecule has 0 unspecified atom stereocenters. The van der Waals surface area contributed by atoms with E-state index in [1.54, 1.807) is 54.3 Å². The summed E-state index contributed by atoms with van der Waals surface area (Å²) in [5.41, 5.74) is 8.97. The minimum atomic E-state index is -2.98. The van der Waals surface area contributed by atoms with Gasteiger partial charge in [-0.1, -0.05) is 6.07 Å². The minimum Gasteiger partial charge on any atom is -0.491 e. The van der Waals surface area contributed by atoms with Crippen molar-refractivity contribution in [3.8, 4) is 46.6 Å². The van der Waals surface area contributed by atoms with Crippen molar-refractivity contribution >= 4 is 55.9 Å². The molecular weight excluding hydrogens is 1640 g/mol. The summed E-state index contributed by atoms with van der Waals surface area (Å²) in [4.78, 5) is 46.9. The first kappa shape index (κ1) is 85.8. The van der Waals surface area contributed by atoms with Gasteiger partial charge in [-0.05, 0) is 167 Å². The van der Waals surface area contributed by atoms with Crippen LogP contribution in [0.4, 0.5) is 17.6 Å². The van der Waals surface area contributed by atoms with Crippen LogP contribution in [0.2, 0.25) is 0 Å². The number of nitrogens with zero attached hydrogens (tertiary/aromatic N) is 11. The largest absolute Gasteiger partial charge is 0.491 e. The van der Waals surface area contributed by atoms with Crippen LogP contribution in [0.1, 0.15) is 145 Å². The molecule has 0 saturated heterocycles. The predicted octanol–water partition coefficient (Wildman–Crippen LogP) is 8.11. The maximum absolute atomic E-state index is 14.6. The van der Waals surface area contributed by atoms with Gasteiger partial charge in [-0.15, -0.1) is 0 Å². The maximum atomic E-state index is 14.6. The fraction of sp³-hybridized carbons (Fsp3) is 0.396. The third kappa shape index (κ3) is 16.3. The average Bonchev–Trinajstić information content (AvgIpc) is 1.59. The second-order valence-corrected chi connectivity index (χ2v) is 33.0. The fourth-order valence-corrected chi connectivity index (χ4v) is 18.4. The number of pyridine rings is 3. The number of aliphatic hydroxyl groups excluding tert-OH is 8. The van der Waals surface area contributed by atoms with E-state index in [9.17, 15) is 78.5 Å². The van der Waals surface area contributed by atoms with E-state index in [2.05, 4.69) is 52.3 Å². The van der Waals surface area contributed by atoms with Gasteiger partial charge in [0.25, 0.3) is 18.2 Å². The predicted molar refractivity (Wildman–Crippen MR) is 447 cm³/mol. The van der Waals surface area contributed by atoms with Gasteiger partial charge < -0.3 is 109 Å². The molecule has 4 saturated carbocycles. The highest BCUT2D eigenvalue weighted by Gasteiger charge is 2.50. The van der Waals surface area contributed by atoms with Gasteiger partial charge in [0.15, 0.2) is 5.82 Å². The van der Waals surface area contributed by atoms with Gasteiger partial charge in [0, 0.05) is 116 Å². The number of nitriles is 2. The highest BCUT2D eigenvalue weighted by molar-refractivity contribution is 6.01. The Morgan fingerprint density at radius 3 is 1.52 bits per heavy atom. The molecule has 0 spiro atoms. The van der Waals surface area contributed by atoms with Gasteiger partial charge in [-0.2, -0.15) is 10.5 Å². The summed E-state index contributed by atoms with van der Waals surface area (Å²) in [5.74, 6) is 0.265. The number of nitrogens with one attached hydrogen (secondary N) is 4. The Labute approximate surface area is 718 Å². The number of carbonyl (C=O) groups is 2. The summed E-state index contributed by atoms with van der Waals surface area (Å²) in [6.45, 7) is 12.7. The van der Waals surface area contributed by atoms with E-state index in [-0.39, 0.29) is 96.1 Å². The summed E-state index contributed by atoms with van der Waals surface area (Å²) in [5, 5.41) is 120. The first-order chi connectivity index (χ1) is 60.7. The van der Waals surface area contributed by atoms with Gasteiger partial charge in [0.1, 0.15) is 166 Å². The lowest BCUT2D eigenvalue weighted by Gasteiger charge is -2.26. The maximum Gasteiger partial charge on any atom is 0.266 e. The Kier molecular flexibility index (Phi) is 24.2. The monoisotopic (exact) mass is 1730 g/mol. The first-order valence-corrected chi connectivity index (χ1v) is 41.8. The summed E-state index contributed by atoms with van der Waals surface area (Å²) in [6.07, 6.45) is 0.216. The molecule has 4 aliphatic carbocycles. The van der Waals surface area contributed by atoms with Gasteiger partial charge in [0.2, 0.25) is 0 Å². The van der Waals surface area contributed by atoms with Crippen LogP contribution < -0.4 is 49.7 Å². The molecule has 656 valence electrons. The average molecular weight is 1730 g/mol. The number of hydrogen-bond donors (Lipinski definition) is 12. The van der Waals surface area contributed by atoms with Crippen LogP contribution in [0.5, 0.6) is 34.5 Å². The van der Waals surface area contributed by atoms with Crippen LogP contribution in [0.3, 0.4) is 0 Å². The van der Waals surface area contributed by atoms with Crippen molar-refractivity contribution in [1.82, 2.24) is 64.5 Å². The lowest BCUT2D eigenvalue weighted by Crippen LogP contribution is -2.35. The number of ether oxygens (including phenoxy) is 6. The van der Waals surface area contributed by atoms with E-state index >= 15 is 0 Å². The van der Waals surface area contributed by atoms with Gasteiger partial charge in [-0.3, -0.25) is 9.59 Å². The van der Waals surface area contributed by atoms with E-state index in [4.69, 9.17) is 28.4 Å². The molecule has 4 aliphatic heterocycles. The molecule has 12 heterocycles. The number of alkyl halides is 2. The summed E-state index contributed by atoms with van der Waals surface area (Å²) < 4.78 is 98.8. The van der Waals surface area contributed by atoms with Crippen molar-refractivity contribution in [2.24, 2.45) is 0 Å². The number of fused-ring (bicyclic) bond motifs is 8. The van der Waals surface area contributed by atoms with Crippen LogP contribution in [0.15, 0.2) is 135 Å². The molecule has 8 aromatic heterocycles. The SMILES string of the molecule is Cc1ccnc2c1ccn2[C@@H]1C[C@H](Oc2cc(C#N)cc3c2C(=O)NCCO3)[C@@H](O)[C@H]1O.Cc1ccnc2c1ccn2[C@@H]1C[C@H](Oc2cc(C(F)F)c(F)c3c2CNCC3)[C@@H](O)[C@H]1O.Cc1ccnc2c1ccn2[C@@H]1C[C@H](Oc2cccc3c2C(=O)NC[C@@H](C)O3)[C@@H](O)[C@H]1O.Cc1ncc2c(F)cn([C@@H]3C[C@H](Oc4cc(C#N)cc5c4CNCC5)[C@@H](O)[C@H]3O)c2n1. The molecule has 126 heavy (non-hydrogen) atoms. The normalized spacial score (nSPS) is 25.9. The molecule has 12 aromatic rings. The van der Waals surface area contributed by atoms with E-state index in [1.165, 1.54) is 24.5 Å². The number of halogens is 4. The molecule has 20 rings (SSSR count). The Hall–Kier alpha value is -12.4. The standard InChI is InChI=1S/C23H24F3N3O3.C23H22N4O5.C23H25N3O5.C22H22FN5O3/c1-11-2-6-28-23-12(11)4-7-29(23)16-9-18(21(31)20(16)30)32-17-8-14(22(25)26)19(24)13-3-5-27-10-15(13)17;1-12-2-4-25-22-14(12)3-6-27(22)15-10-18(21(29)20(15)28)32-17-9-13(11-24)8-16-19(17)23(30)26-5-7-31-16;1-12-6-8-24-22-14(12)7-9-26(22)15-10-18(21(28)20(15)27)31-17-5-3-4-16-19(17)23(29)25-11-13(2)30-16;1-11-26-9-15-16(23)10-28(22(15)27-11)17-6-19(21(30)20(17)29)31-18-5-12(7-24)4-13-2-3-25-8-14(13)18/h2,4,6-8,16,18,20-22,27,30-31H,3,5,9-10H2,1H3;2-4,6,8-9,15,18,20-21,28-29H,5,7,10H2,1H3,(H,26,30);3-9,13,15,18,20-21,27-28H,10-11H2,1-2H3,(H,25,29);4-5,9-10,17,19-21,25,29-30H,2-3,6,8H2,1H3/t16-,18+,20+,21-;15-,18+,20+,21-;13-,15-,18+,20+,21-;17-,19+,20+,21-/m1111/s1. The molecule has 0 radical (unpaired) electrons. The lowest BCUT2D eigenvalue weighted by atomic mass is 9.96. The zero-order chi connectivity index (χ0) is 88.4. The zero-order valence-electron chi connectivity index (χ0n) is 69.1. The minimum absolute atomic E-state index is 0.118. The van der Waals surface area contributed by atoms with E-state index in [0.29, 0.717) is 83.7 Å². The topological polar surface area (TPSA) is 431 Å². The van der Waals surface area contributed by atoms with E-state index < -0.39 is 121 Å². The number of rotatable bonds is 13. The summed E-state index contributed by atoms with van der Waals surface area (Å²) >= 11 is 0. The summed E-state index contributed by atoms with van der Waals surface area (Å²) in [7, 11) is 0. The molecule has 4 aromatic carbocycles. The molecule has 0 bridgehead atoms. The number of benzene rings is 4. The Morgan fingerprint density at radius 1 is 0.508 bits per heavy atom. The third-order valence-electron chi connectivity index (χ3n) is 25.1. The second-order valence-electron chi connectivity index (χ2n) is 33.0. The zero-order valence-corrected chi connectivity index (χ0v) is 69.1. The van der Waals surface area contributed by atoms with Crippen LogP contribution >= 0.6 is 0 Å². The first-order valence-electron chi connectivity index (χ1n) is 41.8. The molecule has 17 atom stereocenters. The van der Waals surface area contributed by atoms with Crippen LogP contribution in [-0.2, 0) is 25.9 Å². The number of aliphatic hydroxyl groups is 8. The number of aromatic nitrogens is 9. The second kappa shape index (κ2) is 35.6. The number of amides is 2. The molecule has 12 N–H and O–H groups in total. The summed E-state index contributed by atoms with van der Waals surface area (Å²) in [6, 6.07) is 26.4. The van der Waals surface area contributed by atoms with E-state index in [0.717, 1.165) is 74.3 Å². The molecule has 2 amide bonds. The number of carbonyl (C=O) groups excluding carboxylic acids is 2. The van der Waals surface area contributed by atoms with Crippen LogP contribution in [-0.4, -0.2) is 208 Å². The van der Waals surface area contributed by atoms with Crippen LogP contribution in [0, 0.1) is 62.0 Å². The lowest BCUT2D eigenvalue weighted by molar-refractivity contribution is -0.0167. The van der Waals surface area contributed by atoms with Crippen LogP contribution in [0.25, 0.3) is 44.1 Å². The van der Waals surface area contributed by atoms with Crippen molar-refractivity contribution in [3.63, 3.8) is 0 Å². The molecule has 31 nitrogen and oxygen atoms in total. The van der Waals surface area contributed by atoms with Crippen molar-refractivity contribution < 1.29 is 96.4 Å².